The van der Waals surface area contributed by atoms with Crippen LogP contribution >= 0.6 is 11.6 Å². The topological polar surface area (TPSA) is 47.3 Å². The zero-order valence-corrected chi connectivity index (χ0v) is 13.0. The number of anilines is 1. The predicted molar refractivity (Wildman–Crippen MR) is 83.8 cm³/mol. The molecule has 0 amide bonds. The standard InChI is InChI=1S/C16H13ClF4N2O/c17-8-1-2-11(13(3-8)16(19,20)21)12-4-9(18)5-14-15(12)24-10(6-22)7-23-14/h1-5,10,23H,6-7,22H2. The van der Waals surface area contributed by atoms with E-state index in [2.05, 4.69) is 5.32 Å². The second-order valence-electron chi connectivity index (χ2n) is 5.37. The second kappa shape index (κ2) is 6.14. The van der Waals surface area contributed by atoms with Gasteiger partial charge < -0.3 is 15.8 Å². The SMILES string of the molecule is NCC1CNc2cc(F)cc(-c3ccc(Cl)cc3C(F)(F)F)c2O1. The Balaban J connectivity index is 2.23. The van der Waals surface area contributed by atoms with Gasteiger partial charge in [0, 0.05) is 23.2 Å². The summed E-state index contributed by atoms with van der Waals surface area (Å²) in [5.74, 6) is -0.528. The highest BCUT2D eigenvalue weighted by Crippen LogP contribution is 2.45. The Morgan fingerprint density at radius 1 is 1.21 bits per heavy atom. The van der Waals surface area contributed by atoms with Crippen molar-refractivity contribution >= 4 is 17.3 Å². The lowest BCUT2D eigenvalue weighted by Crippen LogP contribution is -2.37. The van der Waals surface area contributed by atoms with Gasteiger partial charge in [0.05, 0.1) is 17.8 Å². The minimum absolute atomic E-state index is 0.000332. The molecule has 1 heterocycles. The van der Waals surface area contributed by atoms with Gasteiger partial charge in [-0.25, -0.2) is 4.39 Å². The average molecular weight is 361 g/mol. The van der Waals surface area contributed by atoms with Crippen molar-refractivity contribution in [1.29, 1.82) is 0 Å². The molecule has 128 valence electrons. The summed E-state index contributed by atoms with van der Waals surface area (Å²) in [5, 5.41) is 2.87. The van der Waals surface area contributed by atoms with Crippen LogP contribution in [-0.2, 0) is 6.18 Å². The molecule has 0 bridgehead atoms. The Morgan fingerprint density at radius 2 is 1.96 bits per heavy atom. The highest BCUT2D eigenvalue weighted by Gasteiger charge is 2.35. The van der Waals surface area contributed by atoms with Crippen LogP contribution in [0.3, 0.4) is 0 Å². The summed E-state index contributed by atoms with van der Waals surface area (Å²) < 4.78 is 59.6. The Bertz CT molecular complexity index is 779. The third-order valence-corrected chi connectivity index (χ3v) is 3.93. The summed E-state index contributed by atoms with van der Waals surface area (Å²) >= 11 is 5.70. The van der Waals surface area contributed by atoms with Crippen LogP contribution in [0, 0.1) is 5.82 Å². The number of rotatable bonds is 2. The number of hydrogen-bond donors (Lipinski definition) is 2. The molecule has 0 aliphatic carbocycles. The van der Waals surface area contributed by atoms with Crippen LogP contribution in [0.15, 0.2) is 30.3 Å². The van der Waals surface area contributed by atoms with E-state index in [0.717, 1.165) is 12.1 Å². The normalized spacial score (nSPS) is 17.0. The lowest BCUT2D eigenvalue weighted by Gasteiger charge is -2.29. The zero-order chi connectivity index (χ0) is 17.5. The maximum absolute atomic E-state index is 13.9. The van der Waals surface area contributed by atoms with E-state index >= 15 is 0 Å². The zero-order valence-electron chi connectivity index (χ0n) is 12.3. The molecule has 2 aromatic carbocycles. The van der Waals surface area contributed by atoms with Gasteiger partial charge in [-0.3, -0.25) is 0 Å². The number of alkyl halides is 3. The van der Waals surface area contributed by atoms with E-state index in [4.69, 9.17) is 22.1 Å². The summed E-state index contributed by atoms with van der Waals surface area (Å²) in [7, 11) is 0. The number of fused-ring (bicyclic) bond motifs is 1. The third-order valence-electron chi connectivity index (χ3n) is 3.70. The van der Waals surface area contributed by atoms with E-state index in [-0.39, 0.29) is 34.1 Å². The minimum atomic E-state index is -4.64. The van der Waals surface area contributed by atoms with Gasteiger partial charge in [0.25, 0.3) is 0 Å². The van der Waals surface area contributed by atoms with Gasteiger partial charge in [-0.05, 0) is 23.8 Å². The van der Waals surface area contributed by atoms with Crippen molar-refractivity contribution in [3.8, 4) is 16.9 Å². The van der Waals surface area contributed by atoms with E-state index in [1.807, 2.05) is 0 Å². The van der Waals surface area contributed by atoms with Crippen molar-refractivity contribution < 1.29 is 22.3 Å². The molecular formula is C16H13ClF4N2O. The van der Waals surface area contributed by atoms with Gasteiger partial charge in [-0.2, -0.15) is 13.2 Å². The molecule has 24 heavy (non-hydrogen) atoms. The van der Waals surface area contributed by atoms with Gasteiger partial charge >= 0.3 is 6.18 Å². The first-order chi connectivity index (χ1) is 11.3. The molecule has 1 unspecified atom stereocenters. The number of benzene rings is 2. The van der Waals surface area contributed by atoms with Crippen molar-refractivity contribution in [3.05, 3.63) is 46.7 Å². The molecule has 1 atom stereocenters. The van der Waals surface area contributed by atoms with Crippen LogP contribution in [0.5, 0.6) is 5.75 Å². The molecule has 0 spiro atoms. The molecule has 8 heteroatoms. The third kappa shape index (κ3) is 3.14. The number of nitrogens with two attached hydrogens (primary N) is 1. The lowest BCUT2D eigenvalue weighted by atomic mass is 9.97. The van der Waals surface area contributed by atoms with Crippen LogP contribution < -0.4 is 15.8 Å². The monoisotopic (exact) mass is 360 g/mol. The quantitative estimate of drug-likeness (QED) is 0.785. The van der Waals surface area contributed by atoms with Crippen LogP contribution in [0.4, 0.5) is 23.2 Å². The molecule has 3 N–H and O–H groups in total. The van der Waals surface area contributed by atoms with Crippen molar-refractivity contribution in [2.75, 3.05) is 18.4 Å². The number of halogens is 5. The maximum Gasteiger partial charge on any atom is 0.417 e. The Morgan fingerprint density at radius 3 is 2.62 bits per heavy atom. The van der Waals surface area contributed by atoms with E-state index < -0.39 is 23.7 Å². The van der Waals surface area contributed by atoms with Crippen LogP contribution in [0.1, 0.15) is 5.56 Å². The molecule has 0 fully saturated rings. The fourth-order valence-electron chi connectivity index (χ4n) is 2.60. The second-order valence-corrected chi connectivity index (χ2v) is 5.81. The van der Waals surface area contributed by atoms with Crippen LogP contribution in [0.2, 0.25) is 5.02 Å². The van der Waals surface area contributed by atoms with Crippen molar-refractivity contribution in [2.45, 2.75) is 12.3 Å². The summed E-state index contributed by atoms with van der Waals surface area (Å²) in [5.41, 5.74) is 4.69. The summed E-state index contributed by atoms with van der Waals surface area (Å²) in [6.45, 7) is 0.523. The lowest BCUT2D eigenvalue weighted by molar-refractivity contribution is -0.137. The largest absolute Gasteiger partial charge is 0.484 e. The van der Waals surface area contributed by atoms with E-state index in [1.165, 1.54) is 18.2 Å². The first-order valence-electron chi connectivity index (χ1n) is 7.11. The smallest absolute Gasteiger partial charge is 0.417 e. The number of ether oxygens (including phenoxy) is 1. The average Bonchev–Trinajstić information content (AvgIpc) is 2.53. The summed E-state index contributed by atoms with van der Waals surface area (Å²) in [6, 6.07) is 5.52. The highest BCUT2D eigenvalue weighted by molar-refractivity contribution is 6.30. The fourth-order valence-corrected chi connectivity index (χ4v) is 2.77. The van der Waals surface area contributed by atoms with Gasteiger partial charge in [0.15, 0.2) is 5.75 Å². The molecule has 0 radical (unpaired) electrons. The van der Waals surface area contributed by atoms with Gasteiger partial charge in [0.2, 0.25) is 0 Å². The summed E-state index contributed by atoms with van der Waals surface area (Å²) in [4.78, 5) is 0. The number of hydrogen-bond acceptors (Lipinski definition) is 3. The molecule has 3 rings (SSSR count). The minimum Gasteiger partial charge on any atom is -0.484 e. The fraction of sp³-hybridized carbons (Fsp3) is 0.250. The number of nitrogens with one attached hydrogen (secondary N) is 1. The first-order valence-corrected chi connectivity index (χ1v) is 7.48. The Labute approximate surface area is 140 Å². The molecular weight excluding hydrogens is 348 g/mol. The van der Waals surface area contributed by atoms with Gasteiger partial charge in [-0.15, -0.1) is 0 Å². The predicted octanol–water partition coefficient (Wildman–Crippen LogP) is 4.30. The van der Waals surface area contributed by atoms with E-state index in [9.17, 15) is 17.6 Å². The molecule has 0 aromatic heterocycles. The van der Waals surface area contributed by atoms with E-state index in [0.29, 0.717) is 6.54 Å². The Hall–Kier alpha value is -1.99. The maximum atomic E-state index is 13.9. The molecule has 3 nitrogen and oxygen atoms in total. The van der Waals surface area contributed by atoms with Gasteiger partial charge in [0.1, 0.15) is 11.9 Å². The summed E-state index contributed by atoms with van der Waals surface area (Å²) in [6.07, 6.45) is -5.06. The molecule has 1 aliphatic heterocycles. The molecule has 0 saturated carbocycles. The Kier molecular flexibility index (Phi) is 4.31. The van der Waals surface area contributed by atoms with Crippen molar-refractivity contribution in [1.82, 2.24) is 0 Å². The highest BCUT2D eigenvalue weighted by atomic mass is 35.5. The molecule has 0 saturated heterocycles. The van der Waals surface area contributed by atoms with Gasteiger partial charge in [-0.1, -0.05) is 17.7 Å². The molecule has 2 aromatic rings. The van der Waals surface area contributed by atoms with Crippen molar-refractivity contribution in [2.24, 2.45) is 5.73 Å². The van der Waals surface area contributed by atoms with Crippen LogP contribution in [-0.4, -0.2) is 19.2 Å². The first kappa shape index (κ1) is 16.9. The van der Waals surface area contributed by atoms with Crippen molar-refractivity contribution in [3.63, 3.8) is 0 Å². The van der Waals surface area contributed by atoms with E-state index in [1.54, 1.807) is 0 Å². The molecule has 1 aliphatic rings. The van der Waals surface area contributed by atoms with Crippen LogP contribution in [0.25, 0.3) is 11.1 Å².